The first kappa shape index (κ1) is 11.8. The van der Waals surface area contributed by atoms with Gasteiger partial charge in [0.05, 0.1) is 29.1 Å². The largest absolute Gasteiger partial charge is 0.495 e. The van der Waals surface area contributed by atoms with Crippen LogP contribution in [0.2, 0.25) is 0 Å². The van der Waals surface area contributed by atoms with Gasteiger partial charge in [-0.25, -0.2) is 4.98 Å². The van der Waals surface area contributed by atoms with E-state index in [0.717, 1.165) is 38.9 Å². The van der Waals surface area contributed by atoms with Crippen LogP contribution in [0.3, 0.4) is 0 Å². The Bertz CT molecular complexity index is 1050. The maximum atomic E-state index is 9.44. The van der Waals surface area contributed by atoms with E-state index >= 15 is 0 Å². The Morgan fingerprint density at radius 3 is 2.95 bits per heavy atom. The molecule has 102 valence electrons. The number of aromatic amines is 1. The Balaban J connectivity index is 2.35. The van der Waals surface area contributed by atoms with Crippen LogP contribution < -0.4 is 4.74 Å². The molecule has 5 heteroatoms. The molecule has 4 aromatic rings. The van der Waals surface area contributed by atoms with Gasteiger partial charge in [0.1, 0.15) is 17.5 Å². The van der Waals surface area contributed by atoms with E-state index in [1.807, 2.05) is 41.9 Å². The SMILES string of the molecule is COc1cccc2c1[nH]c1c(C#N)cn3c(C)cnc3c12. The highest BCUT2D eigenvalue weighted by atomic mass is 16.5. The van der Waals surface area contributed by atoms with Gasteiger partial charge < -0.3 is 14.1 Å². The fourth-order valence-corrected chi connectivity index (χ4v) is 2.87. The number of imidazole rings is 1. The van der Waals surface area contributed by atoms with Gasteiger partial charge in [0.2, 0.25) is 0 Å². The van der Waals surface area contributed by atoms with Crippen LogP contribution in [-0.4, -0.2) is 21.5 Å². The van der Waals surface area contributed by atoms with E-state index in [4.69, 9.17) is 4.74 Å². The van der Waals surface area contributed by atoms with Gasteiger partial charge >= 0.3 is 0 Å². The number of pyridine rings is 1. The number of aryl methyl sites for hydroxylation is 1. The van der Waals surface area contributed by atoms with Crippen LogP contribution in [0.1, 0.15) is 11.3 Å². The minimum absolute atomic E-state index is 0.594. The Kier molecular flexibility index (Phi) is 2.24. The lowest BCUT2D eigenvalue weighted by Gasteiger charge is -2.01. The van der Waals surface area contributed by atoms with Crippen LogP contribution in [0, 0.1) is 18.3 Å². The van der Waals surface area contributed by atoms with Crippen LogP contribution in [0.5, 0.6) is 5.75 Å². The molecule has 4 rings (SSSR count). The average Bonchev–Trinajstić information content (AvgIpc) is 3.07. The summed E-state index contributed by atoms with van der Waals surface area (Å²) >= 11 is 0. The zero-order valence-corrected chi connectivity index (χ0v) is 11.6. The van der Waals surface area contributed by atoms with Crippen LogP contribution in [0.4, 0.5) is 0 Å². The van der Waals surface area contributed by atoms with Crippen molar-refractivity contribution < 1.29 is 4.74 Å². The van der Waals surface area contributed by atoms with Gasteiger partial charge in [-0.05, 0) is 13.0 Å². The molecule has 3 aromatic heterocycles. The van der Waals surface area contributed by atoms with Crippen molar-refractivity contribution in [2.45, 2.75) is 6.92 Å². The summed E-state index contributed by atoms with van der Waals surface area (Å²) in [6.45, 7) is 1.97. The highest BCUT2D eigenvalue weighted by Crippen LogP contribution is 2.35. The Morgan fingerprint density at radius 2 is 2.19 bits per heavy atom. The van der Waals surface area contributed by atoms with Crippen LogP contribution in [-0.2, 0) is 0 Å². The van der Waals surface area contributed by atoms with Crippen molar-refractivity contribution in [2.24, 2.45) is 0 Å². The van der Waals surface area contributed by atoms with Gasteiger partial charge in [-0.2, -0.15) is 5.26 Å². The number of nitriles is 1. The number of ether oxygens (including phenoxy) is 1. The molecule has 0 spiro atoms. The molecule has 0 radical (unpaired) electrons. The number of nitrogens with one attached hydrogen (secondary N) is 1. The van der Waals surface area contributed by atoms with Gasteiger partial charge in [-0.3, -0.25) is 0 Å². The maximum Gasteiger partial charge on any atom is 0.147 e. The summed E-state index contributed by atoms with van der Waals surface area (Å²) < 4.78 is 7.36. The van der Waals surface area contributed by atoms with Gasteiger partial charge in [-0.15, -0.1) is 0 Å². The molecular formula is C16H12N4O. The second-order valence-electron chi connectivity index (χ2n) is 5.01. The average molecular weight is 276 g/mol. The molecule has 0 bridgehead atoms. The summed E-state index contributed by atoms with van der Waals surface area (Å²) in [5, 5.41) is 11.4. The van der Waals surface area contributed by atoms with Crippen molar-refractivity contribution in [3.8, 4) is 11.8 Å². The van der Waals surface area contributed by atoms with Crippen molar-refractivity contribution in [2.75, 3.05) is 7.11 Å². The molecule has 0 saturated heterocycles. The van der Waals surface area contributed by atoms with E-state index in [-0.39, 0.29) is 0 Å². The summed E-state index contributed by atoms with van der Waals surface area (Å²) in [6.07, 6.45) is 3.64. The molecule has 0 saturated carbocycles. The number of benzene rings is 1. The molecule has 3 heterocycles. The quantitative estimate of drug-likeness (QED) is 0.580. The van der Waals surface area contributed by atoms with Crippen molar-refractivity contribution in [1.82, 2.24) is 14.4 Å². The lowest BCUT2D eigenvalue weighted by Crippen LogP contribution is -1.91. The standard InChI is InChI=1S/C16H12N4O/c1-9-7-18-16-13-11-4-3-5-12(21-2)15(11)19-14(13)10(6-17)8-20(9)16/h3-5,7-8,19H,1-2H3. The number of hydrogen-bond donors (Lipinski definition) is 1. The number of rotatable bonds is 1. The molecule has 1 N–H and O–H groups in total. The third-order valence-corrected chi connectivity index (χ3v) is 3.87. The molecule has 5 nitrogen and oxygen atoms in total. The number of fused-ring (bicyclic) bond motifs is 5. The highest BCUT2D eigenvalue weighted by Gasteiger charge is 2.16. The van der Waals surface area contributed by atoms with Crippen molar-refractivity contribution in [3.63, 3.8) is 0 Å². The molecule has 0 aliphatic rings. The van der Waals surface area contributed by atoms with Gasteiger partial charge in [0.25, 0.3) is 0 Å². The molecule has 21 heavy (non-hydrogen) atoms. The van der Waals surface area contributed by atoms with Crippen LogP contribution in [0.15, 0.2) is 30.6 Å². The molecular weight excluding hydrogens is 264 g/mol. The summed E-state index contributed by atoms with van der Waals surface area (Å²) in [5.41, 5.74) is 4.13. The maximum absolute atomic E-state index is 9.44. The fraction of sp³-hybridized carbons (Fsp3) is 0.125. The summed E-state index contributed by atoms with van der Waals surface area (Å²) in [7, 11) is 1.64. The highest BCUT2D eigenvalue weighted by molar-refractivity contribution is 6.16. The lowest BCUT2D eigenvalue weighted by atomic mass is 10.1. The topological polar surface area (TPSA) is 66.1 Å². The first-order valence-corrected chi connectivity index (χ1v) is 6.59. The van der Waals surface area contributed by atoms with Crippen LogP contribution in [0.25, 0.3) is 27.5 Å². The molecule has 0 atom stereocenters. The van der Waals surface area contributed by atoms with Gasteiger partial charge in [0.15, 0.2) is 0 Å². The minimum Gasteiger partial charge on any atom is -0.495 e. The first-order chi connectivity index (χ1) is 10.2. The third-order valence-electron chi connectivity index (χ3n) is 3.87. The van der Waals surface area contributed by atoms with Crippen LogP contribution >= 0.6 is 0 Å². The number of nitrogens with zero attached hydrogens (tertiary/aromatic N) is 3. The molecule has 1 aromatic carbocycles. The first-order valence-electron chi connectivity index (χ1n) is 6.59. The summed E-state index contributed by atoms with van der Waals surface area (Å²) in [4.78, 5) is 7.81. The predicted molar refractivity (Wildman–Crippen MR) is 80.6 cm³/mol. The second kappa shape index (κ2) is 4.00. The van der Waals surface area contributed by atoms with E-state index in [9.17, 15) is 5.26 Å². The second-order valence-corrected chi connectivity index (χ2v) is 5.01. The van der Waals surface area contributed by atoms with E-state index < -0.39 is 0 Å². The zero-order chi connectivity index (χ0) is 14.6. The van der Waals surface area contributed by atoms with Gasteiger partial charge in [-0.1, -0.05) is 12.1 Å². The number of aromatic nitrogens is 3. The summed E-state index contributed by atoms with van der Waals surface area (Å²) in [6, 6.07) is 8.12. The third kappa shape index (κ3) is 1.41. The smallest absolute Gasteiger partial charge is 0.147 e. The van der Waals surface area contributed by atoms with E-state index in [2.05, 4.69) is 16.0 Å². The number of methoxy groups -OCH3 is 1. The summed E-state index contributed by atoms with van der Waals surface area (Å²) in [5.74, 6) is 0.758. The molecule has 0 fully saturated rings. The molecule has 0 aliphatic heterocycles. The number of H-pyrrole nitrogens is 1. The van der Waals surface area contributed by atoms with Crippen molar-refractivity contribution in [3.05, 3.63) is 41.9 Å². The molecule has 0 aliphatic carbocycles. The monoisotopic (exact) mass is 276 g/mol. The number of para-hydroxylation sites is 1. The Labute approximate surface area is 120 Å². The zero-order valence-electron chi connectivity index (χ0n) is 11.6. The Morgan fingerprint density at radius 1 is 1.33 bits per heavy atom. The normalized spacial score (nSPS) is 11.3. The van der Waals surface area contributed by atoms with E-state index in [0.29, 0.717) is 5.56 Å². The number of hydrogen-bond acceptors (Lipinski definition) is 3. The van der Waals surface area contributed by atoms with Crippen molar-refractivity contribution >= 4 is 27.5 Å². The predicted octanol–water partition coefficient (Wildman–Crippen LogP) is 3.16. The lowest BCUT2D eigenvalue weighted by molar-refractivity contribution is 0.419. The van der Waals surface area contributed by atoms with E-state index in [1.165, 1.54) is 0 Å². The van der Waals surface area contributed by atoms with Crippen molar-refractivity contribution in [1.29, 1.82) is 5.26 Å². The minimum atomic E-state index is 0.594. The molecule has 0 amide bonds. The van der Waals surface area contributed by atoms with Gasteiger partial charge in [0, 0.05) is 23.5 Å². The fourth-order valence-electron chi connectivity index (χ4n) is 2.87. The molecule has 0 unspecified atom stereocenters. The Hall–Kier alpha value is -3.00. The van der Waals surface area contributed by atoms with E-state index in [1.54, 1.807) is 7.11 Å².